The van der Waals surface area contributed by atoms with Gasteiger partial charge in [0.05, 0.1) is 11.9 Å². The van der Waals surface area contributed by atoms with E-state index in [9.17, 15) is 18.0 Å². The molecule has 0 saturated carbocycles. The van der Waals surface area contributed by atoms with Crippen molar-refractivity contribution in [1.82, 2.24) is 10.2 Å². The van der Waals surface area contributed by atoms with Crippen LogP contribution < -0.4 is 9.62 Å². The minimum Gasteiger partial charge on any atom is -0.350 e. The molecule has 0 saturated heterocycles. The quantitative estimate of drug-likeness (QED) is 0.483. The van der Waals surface area contributed by atoms with Crippen molar-refractivity contribution in [3.8, 4) is 0 Å². The molecule has 2 rings (SSSR count). The number of halogens is 1. The van der Waals surface area contributed by atoms with Gasteiger partial charge in [-0.1, -0.05) is 52.7 Å². The molecule has 0 aliphatic rings. The largest absolute Gasteiger partial charge is 0.350 e. The zero-order chi connectivity index (χ0) is 26.6. The van der Waals surface area contributed by atoms with Gasteiger partial charge in [0.15, 0.2) is 0 Å². The maximum atomic E-state index is 13.7. The number of benzene rings is 2. The third-order valence-electron chi connectivity index (χ3n) is 5.43. The summed E-state index contributed by atoms with van der Waals surface area (Å²) in [6.45, 7) is 11.1. The number of carbonyl (C=O) groups excluding carboxylic acids is 2. The third-order valence-corrected chi connectivity index (χ3v) is 7.46. The molecular weight excluding hydrogens is 530 g/mol. The van der Waals surface area contributed by atoms with E-state index in [1.54, 1.807) is 18.2 Å². The van der Waals surface area contributed by atoms with Crippen LogP contribution in [0.4, 0.5) is 5.69 Å². The van der Waals surface area contributed by atoms with Crippen LogP contribution in [0.3, 0.4) is 0 Å². The number of hydrogen-bond acceptors (Lipinski definition) is 4. The molecule has 35 heavy (non-hydrogen) atoms. The summed E-state index contributed by atoms with van der Waals surface area (Å²) in [5.74, 6) is -0.722. The summed E-state index contributed by atoms with van der Waals surface area (Å²) in [4.78, 5) is 28.4. The smallest absolute Gasteiger partial charge is 0.244 e. The minimum atomic E-state index is -3.77. The Labute approximate surface area is 218 Å². The number of nitrogens with one attached hydrogen (secondary N) is 1. The molecule has 0 aliphatic carbocycles. The van der Waals surface area contributed by atoms with Crippen molar-refractivity contribution in [1.29, 1.82) is 0 Å². The van der Waals surface area contributed by atoms with Crippen LogP contribution in [0.5, 0.6) is 0 Å². The third kappa shape index (κ3) is 8.35. The summed E-state index contributed by atoms with van der Waals surface area (Å²) in [6.07, 6.45) is 1.46. The number of anilines is 1. The molecule has 0 unspecified atom stereocenters. The molecular formula is C26H36BrN3O4S. The lowest BCUT2D eigenvalue weighted by atomic mass is 10.0. The van der Waals surface area contributed by atoms with E-state index >= 15 is 0 Å². The predicted octanol–water partition coefficient (Wildman–Crippen LogP) is 4.55. The molecule has 2 aromatic carbocycles. The molecule has 2 aromatic rings. The van der Waals surface area contributed by atoms with Crippen molar-refractivity contribution < 1.29 is 18.0 Å². The van der Waals surface area contributed by atoms with E-state index < -0.39 is 34.1 Å². The average Bonchev–Trinajstić information content (AvgIpc) is 2.71. The summed E-state index contributed by atoms with van der Waals surface area (Å²) in [5.41, 5.74) is 2.66. The number of amides is 2. The van der Waals surface area contributed by atoms with Crippen LogP contribution in [0.25, 0.3) is 0 Å². The molecule has 0 bridgehead atoms. The van der Waals surface area contributed by atoms with E-state index in [0.29, 0.717) is 12.1 Å². The van der Waals surface area contributed by atoms with E-state index in [2.05, 4.69) is 21.2 Å². The van der Waals surface area contributed by atoms with Gasteiger partial charge >= 0.3 is 0 Å². The topological polar surface area (TPSA) is 86.8 Å². The summed E-state index contributed by atoms with van der Waals surface area (Å²) in [6, 6.07) is 12.1. The zero-order valence-corrected chi connectivity index (χ0v) is 24.0. The lowest BCUT2D eigenvalue weighted by Crippen LogP contribution is -2.55. The fraction of sp³-hybridized carbons (Fsp3) is 0.462. The average molecular weight is 567 g/mol. The maximum Gasteiger partial charge on any atom is 0.244 e. The summed E-state index contributed by atoms with van der Waals surface area (Å²) in [5, 5.41) is 2.96. The fourth-order valence-corrected chi connectivity index (χ4v) is 4.87. The number of rotatable bonds is 9. The normalized spacial score (nSPS) is 12.7. The Morgan fingerprint density at radius 1 is 1.09 bits per heavy atom. The lowest BCUT2D eigenvalue weighted by molar-refractivity contribution is -0.141. The molecule has 7 nitrogen and oxygen atoms in total. The van der Waals surface area contributed by atoms with Gasteiger partial charge in [-0.25, -0.2) is 8.42 Å². The molecule has 0 radical (unpaired) electrons. The Morgan fingerprint density at radius 3 is 2.26 bits per heavy atom. The first kappa shape index (κ1) is 28.8. The molecule has 0 heterocycles. The van der Waals surface area contributed by atoms with Gasteiger partial charge in [-0.05, 0) is 70.4 Å². The second kappa shape index (κ2) is 11.6. The predicted molar refractivity (Wildman–Crippen MR) is 145 cm³/mol. The molecule has 0 spiro atoms. The van der Waals surface area contributed by atoms with Gasteiger partial charge < -0.3 is 10.2 Å². The highest BCUT2D eigenvalue weighted by Gasteiger charge is 2.33. The first-order chi connectivity index (χ1) is 16.1. The van der Waals surface area contributed by atoms with Crippen LogP contribution in [0.15, 0.2) is 46.9 Å². The van der Waals surface area contributed by atoms with Gasteiger partial charge in [-0.2, -0.15) is 0 Å². The van der Waals surface area contributed by atoms with Crippen LogP contribution in [-0.2, 0) is 26.2 Å². The van der Waals surface area contributed by atoms with E-state index in [-0.39, 0.29) is 12.5 Å². The Balaban J connectivity index is 2.48. The highest BCUT2D eigenvalue weighted by Crippen LogP contribution is 2.25. The first-order valence-corrected chi connectivity index (χ1v) is 14.2. The van der Waals surface area contributed by atoms with Gasteiger partial charge in [0.2, 0.25) is 21.8 Å². The molecule has 1 N–H and O–H groups in total. The highest BCUT2D eigenvalue weighted by molar-refractivity contribution is 9.10. The highest BCUT2D eigenvalue weighted by atomic mass is 79.9. The summed E-state index contributed by atoms with van der Waals surface area (Å²) < 4.78 is 27.4. The SMILES string of the molecule is CC[C@H](C(=O)NC(C)(C)C)N(Cc1cccc(C)c1)C(=O)CN(c1ccc(Br)c(C)c1)S(C)(=O)=O. The van der Waals surface area contributed by atoms with Gasteiger partial charge in [-0.3, -0.25) is 13.9 Å². The molecule has 192 valence electrons. The Hall–Kier alpha value is -2.39. The van der Waals surface area contributed by atoms with Crippen molar-refractivity contribution in [3.05, 3.63) is 63.6 Å². The van der Waals surface area contributed by atoms with Crippen molar-refractivity contribution in [2.24, 2.45) is 0 Å². The molecule has 2 amide bonds. The fourth-order valence-electron chi connectivity index (χ4n) is 3.78. The van der Waals surface area contributed by atoms with Gasteiger partial charge in [-0.15, -0.1) is 0 Å². The number of carbonyl (C=O) groups is 2. The number of aryl methyl sites for hydroxylation is 2. The van der Waals surface area contributed by atoms with Crippen LogP contribution in [0.1, 0.15) is 50.8 Å². The lowest BCUT2D eigenvalue weighted by Gasteiger charge is -2.34. The number of nitrogens with zero attached hydrogens (tertiary/aromatic N) is 2. The number of sulfonamides is 1. The van der Waals surface area contributed by atoms with Gasteiger partial charge in [0.1, 0.15) is 12.6 Å². The van der Waals surface area contributed by atoms with E-state index in [0.717, 1.165) is 31.7 Å². The van der Waals surface area contributed by atoms with Crippen molar-refractivity contribution >= 4 is 43.5 Å². The van der Waals surface area contributed by atoms with Crippen molar-refractivity contribution in [2.75, 3.05) is 17.1 Å². The minimum absolute atomic E-state index is 0.188. The second-order valence-corrected chi connectivity index (χ2v) is 12.6. The Morgan fingerprint density at radius 2 is 1.74 bits per heavy atom. The Kier molecular flexibility index (Phi) is 9.53. The Bertz CT molecular complexity index is 1180. The zero-order valence-electron chi connectivity index (χ0n) is 21.6. The van der Waals surface area contributed by atoms with Gasteiger partial charge in [0, 0.05) is 16.6 Å². The monoisotopic (exact) mass is 565 g/mol. The molecule has 1 atom stereocenters. The van der Waals surface area contributed by atoms with Crippen LogP contribution >= 0.6 is 15.9 Å². The molecule has 9 heteroatoms. The second-order valence-electron chi connectivity index (χ2n) is 9.88. The standard InChI is InChI=1S/C26H36BrN3O4S/c1-8-23(25(32)28-26(4,5)6)29(16-20-11-9-10-18(2)14-20)24(31)17-30(35(7,33)34)21-12-13-22(27)19(3)15-21/h9-15,23H,8,16-17H2,1-7H3,(H,28,32)/t23-/m1/s1. The first-order valence-electron chi connectivity index (χ1n) is 11.5. The van der Waals surface area contributed by atoms with Crippen LogP contribution in [0, 0.1) is 13.8 Å². The van der Waals surface area contributed by atoms with E-state index in [4.69, 9.17) is 0 Å². The number of hydrogen-bond donors (Lipinski definition) is 1. The van der Waals surface area contributed by atoms with Gasteiger partial charge in [0.25, 0.3) is 0 Å². The molecule has 0 aromatic heterocycles. The van der Waals surface area contributed by atoms with Crippen LogP contribution in [-0.4, -0.2) is 49.5 Å². The van der Waals surface area contributed by atoms with Crippen LogP contribution in [0.2, 0.25) is 0 Å². The summed E-state index contributed by atoms with van der Waals surface area (Å²) >= 11 is 3.43. The van der Waals surface area contributed by atoms with Crippen molar-refractivity contribution in [3.63, 3.8) is 0 Å². The van der Waals surface area contributed by atoms with E-state index in [1.165, 1.54) is 4.90 Å². The summed E-state index contributed by atoms with van der Waals surface area (Å²) in [7, 11) is -3.77. The maximum absolute atomic E-state index is 13.7. The molecule has 0 aliphatic heterocycles. The molecule has 0 fully saturated rings. The van der Waals surface area contributed by atoms with E-state index in [1.807, 2.05) is 65.8 Å². The van der Waals surface area contributed by atoms with Crippen molar-refractivity contribution in [2.45, 2.75) is 66.1 Å².